The van der Waals surface area contributed by atoms with Crippen molar-refractivity contribution in [3.63, 3.8) is 0 Å². The van der Waals surface area contributed by atoms with Gasteiger partial charge < -0.3 is 11.4 Å². The van der Waals surface area contributed by atoms with E-state index in [0.717, 1.165) is 0 Å². The average molecular weight is 224 g/mol. The second-order valence-electron chi connectivity index (χ2n) is 0.238. The zero-order chi connectivity index (χ0) is 3.58. The van der Waals surface area contributed by atoms with Crippen LogP contribution < -0.4 is 6.15 Å². The van der Waals surface area contributed by atoms with Crippen molar-refractivity contribution < 1.29 is 51.1 Å². The molecule has 0 aliphatic rings. The molecule has 0 saturated carbocycles. The predicted octanol–water partition coefficient (Wildman–Crippen LogP) is -0.186. The number of rotatable bonds is 0. The van der Waals surface area contributed by atoms with Crippen molar-refractivity contribution in [1.82, 2.24) is 6.15 Å². The quantitative estimate of drug-likeness (QED) is 0.440. The summed E-state index contributed by atoms with van der Waals surface area (Å²) in [6, 6.07) is 0. The molecule has 0 heterocycles. The molecular weight excluding hydrogens is 220 g/mol. The van der Waals surface area contributed by atoms with E-state index in [4.69, 9.17) is 15.3 Å². The Morgan fingerprint density at radius 1 is 1.67 bits per heavy atom. The third kappa shape index (κ3) is 213. The Labute approximate surface area is 66.9 Å². The van der Waals surface area contributed by atoms with Crippen molar-refractivity contribution in [1.29, 1.82) is 0 Å². The summed E-state index contributed by atoms with van der Waals surface area (Å²) in [7, 11) is 0. The Morgan fingerprint density at radius 2 is 1.67 bits per heavy atom. The Hall–Kier alpha value is 0.511. The van der Waals surface area contributed by atoms with Crippen LogP contribution in [-0.4, -0.2) is 10.3 Å². The molecule has 0 spiro atoms. The van der Waals surface area contributed by atoms with Gasteiger partial charge >= 0.3 is 0 Å². The largest absolute Gasteiger partial charge is 0.344 e. The molecular formula is H4N2NdO3. The molecule has 0 atom stereocenters. The molecule has 36 valence electrons. The molecule has 6 heteroatoms. The van der Waals surface area contributed by atoms with Gasteiger partial charge in [-0.3, -0.25) is 0 Å². The zero-order valence-corrected chi connectivity index (χ0v) is 6.13. The first-order chi connectivity index (χ1) is 1.73. The minimum atomic E-state index is -1.50. The van der Waals surface area contributed by atoms with E-state index in [-0.39, 0.29) is 47.0 Å². The fraction of sp³-hybridized carbons (Fsp3) is 0. The summed E-state index contributed by atoms with van der Waals surface area (Å²) in [5, 5.41) is 13.6. The van der Waals surface area contributed by atoms with Crippen LogP contribution in [0.15, 0.2) is 0 Å². The van der Waals surface area contributed by atoms with Crippen LogP contribution in [0.5, 0.6) is 0 Å². The molecule has 0 rings (SSSR count). The second-order valence-corrected chi connectivity index (χ2v) is 0.238. The maximum atomic E-state index is 8.36. The fourth-order valence-electron chi connectivity index (χ4n) is 0. The molecule has 0 saturated heterocycles. The maximum absolute atomic E-state index is 8.36. The smallest absolute Gasteiger partial charge is 0.291 e. The molecule has 0 unspecified atom stereocenters. The molecule has 0 amide bonds. The first-order valence-electron chi connectivity index (χ1n) is 0.565. The molecule has 0 aromatic heterocycles. The molecule has 0 fully saturated rings. The van der Waals surface area contributed by atoms with Gasteiger partial charge in [0.2, 0.25) is 0 Å². The van der Waals surface area contributed by atoms with Crippen LogP contribution in [-0.2, 0) is 0 Å². The Morgan fingerprint density at radius 3 is 1.67 bits per heavy atom. The van der Waals surface area contributed by atoms with Gasteiger partial charge in [-0.25, -0.2) is 0 Å². The molecule has 5 nitrogen and oxygen atoms in total. The molecule has 0 aromatic rings. The summed E-state index contributed by atoms with van der Waals surface area (Å²) < 4.78 is 0. The van der Waals surface area contributed by atoms with Crippen LogP contribution in [0.1, 0.15) is 0 Å². The van der Waals surface area contributed by atoms with Crippen molar-refractivity contribution in [2.24, 2.45) is 0 Å². The van der Waals surface area contributed by atoms with E-state index in [1.165, 1.54) is 0 Å². The Bertz CT molecular complexity index is 31.8. The number of hydrogen-bond acceptors (Lipinski definition) is 3. The van der Waals surface area contributed by atoms with Crippen LogP contribution in [0.3, 0.4) is 0 Å². The third-order valence-corrected chi connectivity index (χ3v) is 0. The predicted molar refractivity (Wildman–Crippen MR) is 13.8 cm³/mol. The average Bonchev–Trinajstić information content (AvgIpc) is 0.811. The Balaban J connectivity index is -0.0000000450. The van der Waals surface area contributed by atoms with Crippen LogP contribution in [0, 0.1) is 51.0 Å². The van der Waals surface area contributed by atoms with E-state index in [1.807, 2.05) is 0 Å². The first kappa shape index (κ1) is 16.0. The van der Waals surface area contributed by atoms with Gasteiger partial charge in [0.1, 0.15) is 0 Å². The number of nitrogens with zero attached hydrogens (tertiary/aromatic N) is 1. The summed E-state index contributed by atoms with van der Waals surface area (Å²) in [6.45, 7) is 0. The molecule has 0 bridgehead atoms. The van der Waals surface area contributed by atoms with Crippen LogP contribution in [0.25, 0.3) is 0 Å². The molecule has 0 aliphatic carbocycles. The topological polar surface area (TPSA) is 98.4 Å². The van der Waals surface area contributed by atoms with E-state index in [2.05, 4.69) is 0 Å². The maximum Gasteiger partial charge on any atom is 0.291 e. The SMILES string of the molecule is N.O=[N+]([O-])O.[Nd]. The fourth-order valence-corrected chi connectivity index (χ4v) is 0. The van der Waals surface area contributed by atoms with Gasteiger partial charge in [-0.15, -0.1) is 10.1 Å². The van der Waals surface area contributed by atoms with E-state index in [0.29, 0.717) is 0 Å². The van der Waals surface area contributed by atoms with Crippen LogP contribution >= 0.6 is 0 Å². The van der Waals surface area contributed by atoms with Crippen molar-refractivity contribution in [2.75, 3.05) is 0 Å². The number of hydrogen-bond donors (Lipinski definition) is 2. The van der Waals surface area contributed by atoms with Gasteiger partial charge in [-0.2, -0.15) is 0 Å². The molecule has 0 radical (unpaired) electrons. The summed E-state index contributed by atoms with van der Waals surface area (Å²) >= 11 is 0. The monoisotopic (exact) mass is 222 g/mol. The van der Waals surface area contributed by atoms with Gasteiger partial charge in [0.05, 0.1) is 0 Å². The summed E-state index contributed by atoms with van der Waals surface area (Å²) in [5.41, 5.74) is 0. The third-order valence-electron chi connectivity index (χ3n) is 0. The van der Waals surface area contributed by atoms with E-state index < -0.39 is 5.09 Å². The molecule has 6 heavy (non-hydrogen) atoms. The van der Waals surface area contributed by atoms with Crippen LogP contribution in [0.4, 0.5) is 0 Å². The molecule has 0 aliphatic heterocycles. The van der Waals surface area contributed by atoms with Gasteiger partial charge in [0.15, 0.2) is 0 Å². The van der Waals surface area contributed by atoms with Gasteiger partial charge in [0, 0.05) is 40.8 Å². The van der Waals surface area contributed by atoms with Gasteiger partial charge in [-0.1, -0.05) is 0 Å². The minimum absolute atomic E-state index is 0. The molecule has 0 aromatic carbocycles. The van der Waals surface area contributed by atoms with Gasteiger partial charge in [-0.05, 0) is 0 Å². The van der Waals surface area contributed by atoms with E-state index >= 15 is 0 Å². The van der Waals surface area contributed by atoms with Crippen molar-refractivity contribution in [3.8, 4) is 0 Å². The first-order valence-corrected chi connectivity index (χ1v) is 0.565. The minimum Gasteiger partial charge on any atom is -0.344 e. The second kappa shape index (κ2) is 9.10. The summed E-state index contributed by atoms with van der Waals surface area (Å²) in [4.78, 5) is 8.36. The Kier molecular flexibility index (Phi) is 24.3. The van der Waals surface area contributed by atoms with Crippen LogP contribution in [0.2, 0.25) is 0 Å². The van der Waals surface area contributed by atoms with E-state index in [9.17, 15) is 0 Å². The van der Waals surface area contributed by atoms with Crippen molar-refractivity contribution in [3.05, 3.63) is 10.1 Å². The van der Waals surface area contributed by atoms with Crippen molar-refractivity contribution in [2.45, 2.75) is 0 Å². The van der Waals surface area contributed by atoms with Gasteiger partial charge in [0.25, 0.3) is 5.09 Å². The summed E-state index contributed by atoms with van der Waals surface area (Å²) in [6.07, 6.45) is 0. The van der Waals surface area contributed by atoms with Crippen molar-refractivity contribution >= 4 is 0 Å². The zero-order valence-electron chi connectivity index (χ0n) is 2.92. The normalized spacial score (nSPS) is 4.00. The summed E-state index contributed by atoms with van der Waals surface area (Å²) in [5.74, 6) is 0. The van der Waals surface area contributed by atoms with E-state index in [1.54, 1.807) is 0 Å². The standard InChI is InChI=1S/HNO3.H3N.Nd/c2-1(3)4;;/h(H,2,3,4);1H3;. The molecule has 4 N–H and O–H groups in total.